The van der Waals surface area contributed by atoms with Crippen molar-refractivity contribution in [1.82, 2.24) is 0 Å². The molecular formula is C30H46O4. The molecular weight excluding hydrogens is 424 g/mol. The molecule has 0 bridgehead atoms. The van der Waals surface area contributed by atoms with Crippen LogP contribution in [0.2, 0.25) is 0 Å². The fraction of sp³-hybridized carbons (Fsp3) is 0.800. The zero-order valence-corrected chi connectivity index (χ0v) is 22.4. The first-order chi connectivity index (χ1) is 15.7. The maximum atomic E-state index is 12.7. The van der Waals surface area contributed by atoms with Gasteiger partial charge in [0, 0.05) is 12.8 Å². The number of hydrogen-bond donors (Lipinski definition) is 2. The third-order valence-electron chi connectivity index (χ3n) is 11.7. The third-order valence-corrected chi connectivity index (χ3v) is 11.7. The summed E-state index contributed by atoms with van der Waals surface area (Å²) >= 11 is 0. The molecule has 0 unspecified atom stereocenters. The fourth-order valence-electron chi connectivity index (χ4n) is 8.78. The van der Waals surface area contributed by atoms with Crippen LogP contribution in [0.4, 0.5) is 0 Å². The molecule has 0 aromatic heterocycles. The third kappa shape index (κ3) is 3.57. The maximum absolute atomic E-state index is 12.7. The van der Waals surface area contributed by atoms with Crippen LogP contribution in [0.15, 0.2) is 23.3 Å². The number of carboxylic acids is 1. The monoisotopic (exact) mass is 470 g/mol. The second-order valence-electron chi connectivity index (χ2n) is 13.6. The largest absolute Gasteiger partial charge is 0.481 e. The minimum atomic E-state index is -0.892. The van der Waals surface area contributed by atoms with Crippen LogP contribution >= 0.6 is 0 Å². The van der Waals surface area contributed by atoms with Gasteiger partial charge in [-0.3, -0.25) is 9.59 Å². The van der Waals surface area contributed by atoms with E-state index in [4.69, 9.17) is 0 Å². The lowest BCUT2D eigenvalue weighted by Crippen LogP contribution is -2.56. The van der Waals surface area contributed by atoms with E-state index in [0.29, 0.717) is 18.3 Å². The molecule has 0 heterocycles. The molecule has 0 aliphatic heterocycles. The zero-order valence-electron chi connectivity index (χ0n) is 22.4. The van der Waals surface area contributed by atoms with E-state index >= 15 is 0 Å². The number of carboxylic acid groups (broad SMARTS) is 1. The number of aliphatic hydroxyl groups is 1. The molecule has 4 aliphatic rings. The number of allylic oxidation sites excluding steroid dienone is 4. The molecule has 8 atom stereocenters. The standard InChI is InChI=1S/C30H46O4/c1-18(26(33)34)16-20(31)17-19(2)29(6)14-11-23-21-8-9-24-27(3,4)25(32)12-13-28(24,5)22(21)10-15-30(23,29)7/h8,11,18-19,22,24-25,32H,9-10,12-17H2,1-7H3,(H,33,34)/t18-,19-,22-,24+,25-,28-,29+,30-/m1/s1. The second-order valence-corrected chi connectivity index (χ2v) is 13.6. The Hall–Kier alpha value is -1.42. The molecule has 2 saturated carbocycles. The van der Waals surface area contributed by atoms with Gasteiger partial charge in [-0.15, -0.1) is 0 Å². The molecule has 2 fully saturated rings. The van der Waals surface area contributed by atoms with Crippen molar-refractivity contribution in [2.24, 2.45) is 45.3 Å². The highest BCUT2D eigenvalue weighted by Gasteiger charge is 2.61. The van der Waals surface area contributed by atoms with E-state index in [1.165, 1.54) is 12.0 Å². The Morgan fingerprint density at radius 2 is 1.71 bits per heavy atom. The van der Waals surface area contributed by atoms with Gasteiger partial charge in [-0.25, -0.2) is 0 Å². The van der Waals surface area contributed by atoms with Crippen LogP contribution in [-0.2, 0) is 9.59 Å². The zero-order chi connectivity index (χ0) is 25.3. The number of Topliss-reactive ketones (excluding diaryl/α,β-unsaturated/α-hetero) is 1. The number of carbonyl (C=O) groups is 2. The van der Waals surface area contributed by atoms with Crippen molar-refractivity contribution < 1.29 is 19.8 Å². The van der Waals surface area contributed by atoms with E-state index in [1.54, 1.807) is 12.5 Å². The van der Waals surface area contributed by atoms with Gasteiger partial charge in [0.05, 0.1) is 12.0 Å². The van der Waals surface area contributed by atoms with E-state index in [-0.39, 0.29) is 45.9 Å². The smallest absolute Gasteiger partial charge is 0.306 e. The van der Waals surface area contributed by atoms with Crippen LogP contribution in [0.3, 0.4) is 0 Å². The average molecular weight is 471 g/mol. The molecule has 4 rings (SSSR count). The topological polar surface area (TPSA) is 74.6 Å². The van der Waals surface area contributed by atoms with Gasteiger partial charge >= 0.3 is 5.97 Å². The highest BCUT2D eigenvalue weighted by atomic mass is 16.4. The molecule has 4 heteroatoms. The summed E-state index contributed by atoms with van der Waals surface area (Å²) in [6.45, 7) is 15.6. The quantitative estimate of drug-likeness (QED) is 0.460. The first-order valence-electron chi connectivity index (χ1n) is 13.5. The summed E-state index contributed by atoms with van der Waals surface area (Å²) in [6.07, 6.45) is 11.7. The van der Waals surface area contributed by atoms with Gasteiger partial charge in [0.2, 0.25) is 0 Å². The number of rotatable bonds is 6. The molecule has 2 N–H and O–H groups in total. The summed E-state index contributed by atoms with van der Waals surface area (Å²) in [5.41, 5.74) is 3.28. The van der Waals surface area contributed by atoms with Crippen molar-refractivity contribution in [2.45, 2.75) is 106 Å². The van der Waals surface area contributed by atoms with Crippen LogP contribution in [0.25, 0.3) is 0 Å². The predicted molar refractivity (Wildman–Crippen MR) is 135 cm³/mol. The Balaban J connectivity index is 1.58. The molecule has 0 aromatic carbocycles. The molecule has 0 saturated heterocycles. The Labute approximate surface area is 206 Å². The Morgan fingerprint density at radius 3 is 2.35 bits per heavy atom. The molecule has 4 nitrogen and oxygen atoms in total. The van der Waals surface area contributed by atoms with Gasteiger partial charge in [-0.1, -0.05) is 60.6 Å². The predicted octanol–water partition coefficient (Wildman–Crippen LogP) is 6.58. The normalized spacial score (nSPS) is 42.4. The van der Waals surface area contributed by atoms with Gasteiger partial charge in [-0.05, 0) is 89.1 Å². The Bertz CT molecular complexity index is 928. The van der Waals surface area contributed by atoms with Crippen LogP contribution in [0.5, 0.6) is 0 Å². The van der Waals surface area contributed by atoms with Gasteiger partial charge in [0.15, 0.2) is 0 Å². The highest BCUT2D eigenvalue weighted by molar-refractivity contribution is 5.83. The lowest BCUT2D eigenvalue weighted by Gasteiger charge is -2.62. The van der Waals surface area contributed by atoms with Gasteiger partial charge in [-0.2, -0.15) is 0 Å². The Kier molecular flexibility index (Phi) is 6.28. The van der Waals surface area contributed by atoms with E-state index in [9.17, 15) is 19.8 Å². The van der Waals surface area contributed by atoms with E-state index < -0.39 is 11.9 Å². The second kappa shape index (κ2) is 8.32. The number of ketones is 1. The van der Waals surface area contributed by atoms with Crippen LogP contribution in [0, 0.1) is 45.3 Å². The lowest BCUT2D eigenvalue weighted by molar-refractivity contribution is -0.143. The number of aliphatic carboxylic acids is 1. The van der Waals surface area contributed by atoms with Crippen molar-refractivity contribution in [2.75, 3.05) is 0 Å². The van der Waals surface area contributed by atoms with E-state index in [0.717, 1.165) is 32.1 Å². The minimum Gasteiger partial charge on any atom is -0.481 e. The van der Waals surface area contributed by atoms with Crippen molar-refractivity contribution in [1.29, 1.82) is 0 Å². The highest BCUT2D eigenvalue weighted by Crippen LogP contribution is 2.70. The Morgan fingerprint density at radius 1 is 1.03 bits per heavy atom. The molecule has 0 spiro atoms. The summed E-state index contributed by atoms with van der Waals surface area (Å²) < 4.78 is 0. The lowest BCUT2D eigenvalue weighted by atomic mass is 9.43. The van der Waals surface area contributed by atoms with Crippen molar-refractivity contribution >= 4 is 11.8 Å². The minimum absolute atomic E-state index is 0.00392. The van der Waals surface area contributed by atoms with E-state index in [1.807, 2.05) is 0 Å². The fourth-order valence-corrected chi connectivity index (χ4v) is 8.78. The molecule has 190 valence electrons. The van der Waals surface area contributed by atoms with Crippen LogP contribution < -0.4 is 0 Å². The average Bonchev–Trinajstić information content (AvgIpc) is 3.03. The first-order valence-corrected chi connectivity index (χ1v) is 13.5. The molecule has 0 amide bonds. The molecule has 34 heavy (non-hydrogen) atoms. The number of aliphatic hydroxyl groups excluding tert-OH is 1. The number of fused-ring (bicyclic) bond motifs is 5. The van der Waals surface area contributed by atoms with Crippen molar-refractivity contribution in [3.8, 4) is 0 Å². The number of hydrogen-bond acceptors (Lipinski definition) is 3. The molecule has 0 aromatic rings. The molecule has 0 radical (unpaired) electrons. The van der Waals surface area contributed by atoms with Crippen molar-refractivity contribution in [3.63, 3.8) is 0 Å². The summed E-state index contributed by atoms with van der Waals surface area (Å²) in [5, 5.41) is 20.0. The van der Waals surface area contributed by atoms with E-state index in [2.05, 4.69) is 53.7 Å². The van der Waals surface area contributed by atoms with Gasteiger partial charge in [0.25, 0.3) is 0 Å². The summed E-state index contributed by atoms with van der Waals surface area (Å²) in [4.78, 5) is 24.0. The van der Waals surface area contributed by atoms with Crippen LogP contribution in [0.1, 0.15) is 99.8 Å². The van der Waals surface area contributed by atoms with Crippen LogP contribution in [-0.4, -0.2) is 28.1 Å². The number of carbonyl (C=O) groups excluding carboxylic acids is 1. The summed E-state index contributed by atoms with van der Waals surface area (Å²) in [6, 6.07) is 0. The van der Waals surface area contributed by atoms with Gasteiger partial charge < -0.3 is 10.2 Å². The molecule has 4 aliphatic carbocycles. The summed E-state index contributed by atoms with van der Waals surface area (Å²) in [5.74, 6) is -0.180. The first kappa shape index (κ1) is 25.7. The van der Waals surface area contributed by atoms with Gasteiger partial charge in [0.1, 0.15) is 5.78 Å². The maximum Gasteiger partial charge on any atom is 0.306 e. The summed E-state index contributed by atoms with van der Waals surface area (Å²) in [7, 11) is 0. The SMILES string of the molecule is C[C@H](CC(=O)C[C@@H](C)[C@]1(C)CC=C2C3=CC[C@H]4C(C)(C)[C@H](O)CC[C@]4(C)[C@@H]3CC[C@]21C)C(=O)O. The van der Waals surface area contributed by atoms with Crippen molar-refractivity contribution in [3.05, 3.63) is 23.3 Å².